The molecule has 0 bridgehead atoms. The van der Waals surface area contributed by atoms with Crippen LogP contribution in [-0.4, -0.2) is 50.9 Å². The van der Waals surface area contributed by atoms with Gasteiger partial charge in [-0.25, -0.2) is 17.9 Å². The van der Waals surface area contributed by atoms with Crippen molar-refractivity contribution in [2.45, 2.75) is 24.2 Å². The average molecular weight is 234 g/mol. The smallest absolute Gasteiger partial charge is 0.410 e. The molecule has 1 heterocycles. The monoisotopic (exact) mass is 234 g/mol. The Morgan fingerprint density at radius 3 is 2.67 bits per heavy atom. The number of nitrogens with zero attached hydrogens (tertiary/aromatic N) is 1. The normalized spacial score (nSPS) is 26.9. The van der Waals surface area contributed by atoms with Gasteiger partial charge < -0.3 is 9.64 Å². The third-order valence-corrected chi connectivity index (χ3v) is 4.45. The second kappa shape index (κ2) is 3.64. The zero-order valence-corrected chi connectivity index (χ0v) is 9.29. The molecule has 1 aliphatic carbocycles. The molecule has 2 aliphatic rings. The van der Waals surface area contributed by atoms with Crippen molar-refractivity contribution in [1.29, 1.82) is 0 Å². The lowest BCUT2D eigenvalue weighted by Crippen LogP contribution is -2.35. The van der Waals surface area contributed by atoms with Crippen molar-refractivity contribution in [3.63, 3.8) is 0 Å². The van der Waals surface area contributed by atoms with E-state index in [4.69, 9.17) is 4.74 Å². The lowest BCUT2D eigenvalue weighted by atomic mass is 10.4. The molecular weight excluding hydrogens is 220 g/mol. The molecule has 15 heavy (non-hydrogen) atoms. The van der Waals surface area contributed by atoms with Crippen LogP contribution in [-0.2, 0) is 14.8 Å². The molecule has 0 radical (unpaired) electrons. The summed E-state index contributed by atoms with van der Waals surface area (Å²) >= 11 is 0. The summed E-state index contributed by atoms with van der Waals surface area (Å²) < 4.78 is 30.3. The summed E-state index contributed by atoms with van der Waals surface area (Å²) in [5.74, 6) is 0. The molecule has 1 N–H and O–H groups in total. The van der Waals surface area contributed by atoms with Crippen molar-refractivity contribution >= 4 is 16.1 Å². The highest BCUT2D eigenvalue weighted by atomic mass is 32.2. The minimum Gasteiger partial charge on any atom is -0.443 e. The fourth-order valence-electron chi connectivity index (χ4n) is 1.46. The maximum Gasteiger partial charge on any atom is 0.410 e. The summed E-state index contributed by atoms with van der Waals surface area (Å²) in [6.45, 7) is 0.612. The first kappa shape index (κ1) is 10.7. The summed E-state index contributed by atoms with van der Waals surface area (Å²) in [7, 11) is -1.55. The lowest BCUT2D eigenvalue weighted by Gasteiger charge is -2.09. The molecule has 0 spiro atoms. The number of carbonyl (C=O) groups is 1. The van der Waals surface area contributed by atoms with E-state index >= 15 is 0 Å². The zero-order valence-electron chi connectivity index (χ0n) is 8.47. The van der Waals surface area contributed by atoms with Gasteiger partial charge in [0.1, 0.15) is 6.10 Å². The van der Waals surface area contributed by atoms with Crippen molar-refractivity contribution in [1.82, 2.24) is 9.62 Å². The Kier molecular flexibility index (Phi) is 2.59. The van der Waals surface area contributed by atoms with Crippen LogP contribution < -0.4 is 4.72 Å². The van der Waals surface area contributed by atoms with Crippen molar-refractivity contribution in [2.24, 2.45) is 0 Å². The van der Waals surface area contributed by atoms with Gasteiger partial charge in [-0.2, -0.15) is 0 Å². The molecular formula is C8H14N2O4S. The van der Waals surface area contributed by atoms with Gasteiger partial charge >= 0.3 is 6.09 Å². The first-order valence-corrected chi connectivity index (χ1v) is 6.44. The number of hydrogen-bond acceptors (Lipinski definition) is 4. The molecule has 0 aromatic heterocycles. The van der Waals surface area contributed by atoms with Crippen molar-refractivity contribution in [3.8, 4) is 0 Å². The minimum absolute atomic E-state index is 0.176. The fourth-order valence-corrected chi connectivity index (χ4v) is 2.87. The molecule has 1 amide bonds. The van der Waals surface area contributed by atoms with Crippen LogP contribution >= 0.6 is 0 Å². The van der Waals surface area contributed by atoms with Crippen LogP contribution in [0.4, 0.5) is 4.79 Å². The van der Waals surface area contributed by atoms with E-state index in [0.717, 1.165) is 12.8 Å². The van der Waals surface area contributed by atoms with Gasteiger partial charge in [-0.05, 0) is 12.8 Å². The number of sulfonamides is 1. The van der Waals surface area contributed by atoms with Gasteiger partial charge in [0, 0.05) is 13.6 Å². The van der Waals surface area contributed by atoms with E-state index in [1.54, 1.807) is 7.05 Å². The molecule has 7 heteroatoms. The molecule has 6 nitrogen and oxygen atoms in total. The van der Waals surface area contributed by atoms with Crippen LogP contribution in [0, 0.1) is 0 Å². The number of carbonyl (C=O) groups excluding carboxylic acids is 1. The van der Waals surface area contributed by atoms with Crippen molar-refractivity contribution in [2.75, 3.05) is 20.1 Å². The first-order valence-electron chi connectivity index (χ1n) is 4.89. The highest BCUT2D eigenvalue weighted by molar-refractivity contribution is 7.90. The topological polar surface area (TPSA) is 75.7 Å². The van der Waals surface area contributed by atoms with E-state index in [9.17, 15) is 13.2 Å². The Morgan fingerprint density at radius 1 is 1.53 bits per heavy atom. The number of ether oxygens (including phenoxy) is 1. The van der Waals surface area contributed by atoms with Crippen LogP contribution in [0.1, 0.15) is 12.8 Å². The summed E-state index contributed by atoms with van der Waals surface area (Å²) in [5.41, 5.74) is 0. The van der Waals surface area contributed by atoms with Gasteiger partial charge in [0.05, 0.1) is 11.8 Å². The van der Waals surface area contributed by atoms with E-state index in [2.05, 4.69) is 4.72 Å². The van der Waals surface area contributed by atoms with Crippen LogP contribution in [0.3, 0.4) is 0 Å². The Balaban J connectivity index is 1.81. The molecule has 0 unspecified atom stereocenters. The van der Waals surface area contributed by atoms with Crippen LogP contribution in [0.5, 0.6) is 0 Å². The summed E-state index contributed by atoms with van der Waals surface area (Å²) in [4.78, 5) is 12.4. The fraction of sp³-hybridized carbons (Fsp3) is 0.875. The van der Waals surface area contributed by atoms with Crippen LogP contribution in [0.2, 0.25) is 0 Å². The quantitative estimate of drug-likeness (QED) is 0.712. The maximum atomic E-state index is 11.4. The molecule has 1 aliphatic heterocycles. The van der Waals surface area contributed by atoms with Gasteiger partial charge in [-0.1, -0.05) is 0 Å². The van der Waals surface area contributed by atoms with Crippen molar-refractivity contribution in [3.05, 3.63) is 0 Å². The highest BCUT2D eigenvalue weighted by Crippen LogP contribution is 2.27. The number of hydrogen-bond donors (Lipinski definition) is 1. The predicted octanol–water partition coefficient (Wildman–Crippen LogP) is -0.481. The molecule has 0 aromatic rings. The Morgan fingerprint density at radius 2 is 2.20 bits per heavy atom. The minimum atomic E-state index is -3.17. The molecule has 1 saturated carbocycles. The molecule has 2 rings (SSSR count). The van der Waals surface area contributed by atoms with E-state index < -0.39 is 16.1 Å². The zero-order chi connectivity index (χ0) is 11.1. The highest BCUT2D eigenvalue weighted by Gasteiger charge is 2.37. The standard InChI is InChI=1S/C8H14N2O4S/c1-10-5-6(14-8(10)11)4-9-15(12,13)7-2-3-7/h6-7,9H,2-5H2,1H3/t6-/m0/s1. The molecule has 86 valence electrons. The first-order chi connectivity index (χ1) is 6.99. The van der Waals surface area contributed by atoms with E-state index in [-0.39, 0.29) is 17.9 Å². The summed E-state index contributed by atoms with van der Waals surface area (Å²) in [6, 6.07) is 0. The largest absolute Gasteiger partial charge is 0.443 e. The number of likely N-dealkylation sites (N-methyl/N-ethyl adjacent to an activating group) is 1. The number of rotatable bonds is 4. The molecule has 1 saturated heterocycles. The average Bonchev–Trinajstić information content (AvgIpc) is 2.93. The second-order valence-electron chi connectivity index (χ2n) is 3.98. The van der Waals surface area contributed by atoms with Gasteiger partial charge in [0.2, 0.25) is 10.0 Å². The van der Waals surface area contributed by atoms with E-state index in [1.807, 2.05) is 0 Å². The number of amides is 1. The SMILES string of the molecule is CN1C[C@H](CNS(=O)(=O)C2CC2)OC1=O. The van der Waals surface area contributed by atoms with Crippen LogP contribution in [0.15, 0.2) is 0 Å². The predicted molar refractivity (Wildman–Crippen MR) is 52.8 cm³/mol. The molecule has 0 aromatic carbocycles. The van der Waals surface area contributed by atoms with Gasteiger partial charge in [0.25, 0.3) is 0 Å². The summed E-state index contributed by atoms with van der Waals surface area (Å²) in [5, 5.41) is -0.229. The molecule has 2 fully saturated rings. The Bertz CT molecular complexity index is 363. The maximum absolute atomic E-state index is 11.4. The van der Waals surface area contributed by atoms with Gasteiger partial charge in [0.15, 0.2) is 0 Å². The van der Waals surface area contributed by atoms with E-state index in [1.165, 1.54) is 4.90 Å². The van der Waals surface area contributed by atoms with Gasteiger partial charge in [-0.15, -0.1) is 0 Å². The van der Waals surface area contributed by atoms with Gasteiger partial charge in [-0.3, -0.25) is 0 Å². The molecule has 1 atom stereocenters. The Hall–Kier alpha value is -0.820. The Labute approximate surface area is 88.6 Å². The lowest BCUT2D eigenvalue weighted by molar-refractivity contribution is 0.135. The van der Waals surface area contributed by atoms with Crippen LogP contribution in [0.25, 0.3) is 0 Å². The van der Waals surface area contributed by atoms with Crippen molar-refractivity contribution < 1.29 is 17.9 Å². The number of nitrogens with one attached hydrogen (secondary N) is 1. The number of cyclic esters (lactones) is 1. The van der Waals surface area contributed by atoms with E-state index in [0.29, 0.717) is 6.54 Å². The summed E-state index contributed by atoms with van der Waals surface area (Å²) in [6.07, 6.45) is 0.709. The third-order valence-electron chi connectivity index (χ3n) is 2.53. The second-order valence-corrected chi connectivity index (χ2v) is 6.02. The third kappa shape index (κ3) is 2.40.